The minimum Gasteiger partial charge on any atom is -0.367 e. The fourth-order valence-corrected chi connectivity index (χ4v) is 4.13. The fraction of sp³-hybridized carbons (Fsp3) is 1.00. The largest absolute Gasteiger partial charge is 0.367 e. The molecule has 1 saturated heterocycles. The van der Waals surface area contributed by atoms with E-state index in [0.717, 1.165) is 31.7 Å². The van der Waals surface area contributed by atoms with Gasteiger partial charge >= 0.3 is 0 Å². The zero-order valence-corrected chi connectivity index (χ0v) is 14.2. The summed E-state index contributed by atoms with van der Waals surface area (Å²) in [5.41, 5.74) is -0.0446. The Kier molecular flexibility index (Phi) is 5.14. The molecule has 0 radical (unpaired) electrons. The topological polar surface area (TPSA) is 24.5 Å². The van der Waals surface area contributed by atoms with Gasteiger partial charge in [-0.3, -0.25) is 4.90 Å². The van der Waals surface area contributed by atoms with Crippen LogP contribution in [-0.2, 0) is 4.74 Å². The van der Waals surface area contributed by atoms with Crippen molar-refractivity contribution < 1.29 is 4.74 Å². The van der Waals surface area contributed by atoms with Crippen LogP contribution in [0.25, 0.3) is 0 Å². The lowest BCUT2D eigenvalue weighted by Gasteiger charge is -2.51. The molecule has 0 amide bonds. The lowest BCUT2D eigenvalue weighted by Crippen LogP contribution is -2.60. The molecule has 2 aliphatic rings. The molecule has 3 nitrogen and oxygen atoms in total. The van der Waals surface area contributed by atoms with Gasteiger partial charge in [0, 0.05) is 25.2 Å². The van der Waals surface area contributed by atoms with Crippen LogP contribution in [0.15, 0.2) is 0 Å². The van der Waals surface area contributed by atoms with Gasteiger partial charge < -0.3 is 10.1 Å². The van der Waals surface area contributed by atoms with Gasteiger partial charge in [0.25, 0.3) is 0 Å². The highest BCUT2D eigenvalue weighted by Gasteiger charge is 2.41. The van der Waals surface area contributed by atoms with Crippen molar-refractivity contribution in [3.63, 3.8) is 0 Å². The van der Waals surface area contributed by atoms with Gasteiger partial charge in [0.05, 0.1) is 11.2 Å². The normalized spacial score (nSPS) is 34.0. The van der Waals surface area contributed by atoms with Crippen LogP contribution >= 0.6 is 0 Å². The molecule has 2 rings (SSSR count). The third kappa shape index (κ3) is 4.44. The van der Waals surface area contributed by atoms with E-state index in [4.69, 9.17) is 4.74 Å². The third-order valence-corrected chi connectivity index (χ3v) is 4.57. The van der Waals surface area contributed by atoms with Crippen molar-refractivity contribution in [1.29, 1.82) is 0 Å². The number of ether oxygens (including phenoxy) is 1. The van der Waals surface area contributed by atoms with Crippen molar-refractivity contribution in [3.05, 3.63) is 0 Å². The van der Waals surface area contributed by atoms with E-state index in [2.05, 4.69) is 44.8 Å². The van der Waals surface area contributed by atoms with Gasteiger partial charge in [0.2, 0.25) is 0 Å². The Morgan fingerprint density at radius 2 is 1.75 bits per heavy atom. The van der Waals surface area contributed by atoms with Crippen LogP contribution in [0.4, 0.5) is 0 Å². The van der Waals surface area contributed by atoms with Crippen molar-refractivity contribution >= 4 is 0 Å². The Morgan fingerprint density at radius 1 is 1.10 bits per heavy atom. The monoisotopic (exact) mass is 282 g/mol. The van der Waals surface area contributed by atoms with Crippen molar-refractivity contribution in [2.75, 3.05) is 19.6 Å². The van der Waals surface area contributed by atoms with Gasteiger partial charge in [-0.1, -0.05) is 13.3 Å². The van der Waals surface area contributed by atoms with Crippen LogP contribution in [0.3, 0.4) is 0 Å². The summed E-state index contributed by atoms with van der Waals surface area (Å²) in [5, 5.41) is 3.72. The van der Waals surface area contributed by atoms with E-state index >= 15 is 0 Å². The van der Waals surface area contributed by atoms with Gasteiger partial charge in [-0.25, -0.2) is 0 Å². The molecule has 1 saturated carbocycles. The van der Waals surface area contributed by atoms with Crippen LogP contribution < -0.4 is 5.32 Å². The van der Waals surface area contributed by atoms with Crippen molar-refractivity contribution in [1.82, 2.24) is 10.2 Å². The first-order valence-corrected chi connectivity index (χ1v) is 8.49. The predicted molar refractivity (Wildman–Crippen MR) is 85.2 cm³/mol. The first kappa shape index (κ1) is 16.3. The molecule has 0 aromatic heterocycles. The SMILES string of the molecule is CCCNC1CCCC(N2CC(C)(C)OC(C)(C)C2)C1. The van der Waals surface area contributed by atoms with Gasteiger partial charge in [0.15, 0.2) is 0 Å². The highest BCUT2D eigenvalue weighted by molar-refractivity contribution is 4.94. The van der Waals surface area contributed by atoms with E-state index in [1.54, 1.807) is 0 Å². The van der Waals surface area contributed by atoms with Crippen LogP contribution in [0.5, 0.6) is 0 Å². The van der Waals surface area contributed by atoms with Crippen molar-refractivity contribution in [3.8, 4) is 0 Å². The quantitative estimate of drug-likeness (QED) is 0.857. The predicted octanol–water partition coefficient (Wildman–Crippen LogP) is 3.19. The molecule has 0 aromatic rings. The average molecular weight is 282 g/mol. The highest BCUT2D eigenvalue weighted by Crippen LogP contribution is 2.33. The van der Waals surface area contributed by atoms with Gasteiger partial charge in [0.1, 0.15) is 0 Å². The summed E-state index contributed by atoms with van der Waals surface area (Å²) in [4.78, 5) is 2.70. The van der Waals surface area contributed by atoms with Gasteiger partial charge in [-0.05, 0) is 59.9 Å². The maximum atomic E-state index is 6.22. The standard InChI is InChI=1S/C17H34N2O/c1-6-10-18-14-8-7-9-15(11-14)19-12-16(2,3)20-17(4,5)13-19/h14-15,18H,6-13H2,1-5H3. The zero-order chi connectivity index (χ0) is 14.8. The minimum atomic E-state index is -0.0223. The summed E-state index contributed by atoms with van der Waals surface area (Å²) in [5.74, 6) is 0. The second-order valence-electron chi connectivity index (χ2n) is 8.00. The molecule has 118 valence electrons. The molecule has 2 atom stereocenters. The molecule has 2 unspecified atom stereocenters. The van der Waals surface area contributed by atoms with Crippen LogP contribution in [-0.4, -0.2) is 47.8 Å². The first-order chi connectivity index (χ1) is 9.31. The first-order valence-electron chi connectivity index (χ1n) is 8.49. The van der Waals surface area contributed by atoms with Crippen molar-refractivity contribution in [2.45, 2.75) is 90.0 Å². The van der Waals surface area contributed by atoms with Crippen molar-refractivity contribution in [2.24, 2.45) is 0 Å². The summed E-state index contributed by atoms with van der Waals surface area (Å²) < 4.78 is 6.22. The number of rotatable bonds is 4. The molecule has 20 heavy (non-hydrogen) atoms. The zero-order valence-electron chi connectivity index (χ0n) is 14.2. The average Bonchev–Trinajstić information content (AvgIpc) is 2.33. The smallest absolute Gasteiger partial charge is 0.0760 e. The molecule has 1 N–H and O–H groups in total. The van der Waals surface area contributed by atoms with E-state index < -0.39 is 0 Å². The van der Waals surface area contributed by atoms with Gasteiger partial charge in [-0.15, -0.1) is 0 Å². The number of hydrogen-bond acceptors (Lipinski definition) is 3. The lowest BCUT2D eigenvalue weighted by molar-refractivity contribution is -0.189. The minimum absolute atomic E-state index is 0.0223. The third-order valence-electron chi connectivity index (χ3n) is 4.57. The Labute approximate surface area is 125 Å². The number of nitrogens with one attached hydrogen (secondary N) is 1. The maximum absolute atomic E-state index is 6.22. The van der Waals surface area contributed by atoms with Crippen LogP contribution in [0, 0.1) is 0 Å². The van der Waals surface area contributed by atoms with E-state index in [9.17, 15) is 0 Å². The van der Waals surface area contributed by atoms with E-state index in [-0.39, 0.29) is 11.2 Å². The molecular formula is C17H34N2O. The fourth-order valence-electron chi connectivity index (χ4n) is 4.13. The molecule has 2 fully saturated rings. The Hall–Kier alpha value is -0.120. The molecule has 1 heterocycles. The Bertz CT molecular complexity index is 298. The molecule has 0 spiro atoms. The molecular weight excluding hydrogens is 248 g/mol. The molecule has 0 aromatic carbocycles. The molecule has 3 heteroatoms. The summed E-state index contributed by atoms with van der Waals surface area (Å²) in [6.07, 6.45) is 6.62. The Morgan fingerprint density at radius 3 is 2.35 bits per heavy atom. The lowest BCUT2D eigenvalue weighted by atomic mass is 9.87. The van der Waals surface area contributed by atoms with Crippen LogP contribution in [0.1, 0.15) is 66.7 Å². The molecule has 0 bridgehead atoms. The summed E-state index contributed by atoms with van der Waals surface area (Å²) in [6, 6.07) is 1.46. The van der Waals surface area contributed by atoms with E-state index in [1.807, 2.05) is 0 Å². The molecule has 1 aliphatic heterocycles. The van der Waals surface area contributed by atoms with Crippen LogP contribution in [0.2, 0.25) is 0 Å². The second kappa shape index (κ2) is 6.33. The van der Waals surface area contributed by atoms with E-state index in [1.165, 1.54) is 32.1 Å². The number of morpholine rings is 1. The summed E-state index contributed by atoms with van der Waals surface area (Å²) in [6.45, 7) is 14.5. The van der Waals surface area contributed by atoms with E-state index in [0.29, 0.717) is 0 Å². The maximum Gasteiger partial charge on any atom is 0.0760 e. The Balaban J connectivity index is 1.95. The summed E-state index contributed by atoms with van der Waals surface area (Å²) in [7, 11) is 0. The molecule has 1 aliphatic carbocycles. The number of nitrogens with zero attached hydrogens (tertiary/aromatic N) is 1. The van der Waals surface area contributed by atoms with Gasteiger partial charge in [-0.2, -0.15) is 0 Å². The summed E-state index contributed by atoms with van der Waals surface area (Å²) >= 11 is 0. The number of hydrogen-bond donors (Lipinski definition) is 1. The second-order valence-corrected chi connectivity index (χ2v) is 8.00. The highest BCUT2D eigenvalue weighted by atomic mass is 16.5.